The molecule has 0 aliphatic rings. The summed E-state index contributed by atoms with van der Waals surface area (Å²) >= 11 is 11.6. The lowest BCUT2D eigenvalue weighted by Gasteiger charge is -2.11. The largest absolute Gasteiger partial charge is 0.497 e. The summed E-state index contributed by atoms with van der Waals surface area (Å²) < 4.78 is 34.5. The smallest absolute Gasteiger partial charge is 0.272 e. The van der Waals surface area contributed by atoms with Crippen LogP contribution in [0.3, 0.4) is 0 Å². The third-order valence-electron chi connectivity index (χ3n) is 2.94. The Hall–Kier alpha value is -2.00. The molecule has 25 heavy (non-hydrogen) atoms. The molecule has 0 unspecified atom stereocenters. The van der Waals surface area contributed by atoms with Crippen LogP contribution in [0.25, 0.3) is 0 Å². The lowest BCUT2D eigenvalue weighted by molar-refractivity contribution is -0.123. The van der Waals surface area contributed by atoms with Crippen LogP contribution < -0.4 is 19.7 Å². The van der Waals surface area contributed by atoms with E-state index in [1.807, 2.05) is 10.3 Å². The van der Waals surface area contributed by atoms with Crippen LogP contribution in [0.5, 0.6) is 11.5 Å². The first-order chi connectivity index (χ1) is 11.8. The molecule has 10 heteroatoms. The van der Waals surface area contributed by atoms with Crippen LogP contribution in [0.2, 0.25) is 10.0 Å². The Morgan fingerprint density at radius 1 is 1.08 bits per heavy atom. The first kappa shape index (κ1) is 19.3. The van der Waals surface area contributed by atoms with E-state index in [2.05, 4.69) is 0 Å². The maximum atomic E-state index is 12.1. The summed E-state index contributed by atoms with van der Waals surface area (Å²) in [6.45, 7) is -0.391. The highest BCUT2D eigenvalue weighted by Crippen LogP contribution is 2.24. The van der Waals surface area contributed by atoms with E-state index in [1.54, 1.807) is 24.3 Å². The maximum Gasteiger partial charge on any atom is 0.272 e. The topological polar surface area (TPSA) is 93.7 Å². The van der Waals surface area contributed by atoms with Gasteiger partial charge >= 0.3 is 0 Å². The minimum absolute atomic E-state index is 0.0272. The van der Waals surface area contributed by atoms with Crippen LogP contribution in [-0.4, -0.2) is 28.0 Å². The molecule has 0 radical (unpaired) electrons. The number of benzene rings is 2. The number of hydrazine groups is 1. The van der Waals surface area contributed by atoms with Gasteiger partial charge in [-0.3, -0.25) is 10.2 Å². The van der Waals surface area contributed by atoms with Crippen molar-refractivity contribution in [3.05, 3.63) is 52.5 Å². The van der Waals surface area contributed by atoms with Crippen molar-refractivity contribution in [2.45, 2.75) is 4.90 Å². The second-order valence-corrected chi connectivity index (χ2v) is 7.19. The van der Waals surface area contributed by atoms with Crippen LogP contribution in [0, 0.1) is 0 Å². The van der Waals surface area contributed by atoms with E-state index in [4.69, 9.17) is 32.7 Å². The van der Waals surface area contributed by atoms with Crippen molar-refractivity contribution >= 4 is 39.1 Å². The highest BCUT2D eigenvalue weighted by molar-refractivity contribution is 7.89. The van der Waals surface area contributed by atoms with Gasteiger partial charge in [0, 0.05) is 5.02 Å². The molecule has 1 amide bonds. The Morgan fingerprint density at radius 2 is 1.72 bits per heavy atom. The molecule has 0 fully saturated rings. The third kappa shape index (κ3) is 5.50. The van der Waals surface area contributed by atoms with Crippen LogP contribution in [0.1, 0.15) is 0 Å². The van der Waals surface area contributed by atoms with Crippen molar-refractivity contribution in [1.29, 1.82) is 0 Å². The molecule has 2 N–H and O–H groups in total. The SMILES string of the molecule is COc1ccc(OCC(=O)NNS(=O)(=O)c2cc(Cl)ccc2Cl)cc1. The number of ether oxygens (including phenoxy) is 2. The van der Waals surface area contributed by atoms with E-state index < -0.39 is 22.5 Å². The number of hydrogen-bond acceptors (Lipinski definition) is 5. The summed E-state index contributed by atoms with van der Waals surface area (Å²) in [7, 11) is -2.54. The summed E-state index contributed by atoms with van der Waals surface area (Å²) in [6, 6.07) is 10.5. The van der Waals surface area contributed by atoms with Gasteiger partial charge in [0.2, 0.25) is 0 Å². The molecule has 134 valence electrons. The second-order valence-electron chi connectivity index (χ2n) is 4.69. The lowest BCUT2D eigenvalue weighted by atomic mass is 10.3. The van der Waals surface area contributed by atoms with Gasteiger partial charge < -0.3 is 9.47 Å². The number of carbonyl (C=O) groups excluding carboxylic acids is 1. The zero-order valence-electron chi connectivity index (χ0n) is 13.0. The first-order valence-electron chi connectivity index (χ1n) is 6.84. The van der Waals surface area contributed by atoms with Gasteiger partial charge in [-0.15, -0.1) is 4.83 Å². The average molecular weight is 405 g/mol. The van der Waals surface area contributed by atoms with E-state index >= 15 is 0 Å². The zero-order valence-corrected chi connectivity index (χ0v) is 15.3. The Morgan fingerprint density at radius 3 is 2.36 bits per heavy atom. The van der Waals surface area contributed by atoms with Crippen LogP contribution in [0.15, 0.2) is 47.4 Å². The number of nitrogens with one attached hydrogen (secondary N) is 2. The average Bonchev–Trinajstić information content (AvgIpc) is 2.60. The van der Waals surface area contributed by atoms with E-state index in [1.165, 1.54) is 25.3 Å². The number of sulfonamides is 1. The molecule has 2 aromatic rings. The second kappa shape index (κ2) is 8.39. The molecule has 7 nitrogen and oxygen atoms in total. The Kier molecular flexibility index (Phi) is 6.49. The molecular formula is C15H14Cl2N2O5S. The number of amides is 1. The highest BCUT2D eigenvalue weighted by Gasteiger charge is 2.19. The fraction of sp³-hybridized carbons (Fsp3) is 0.133. The quantitative estimate of drug-likeness (QED) is 0.690. The number of hydrogen-bond donors (Lipinski definition) is 2. The standard InChI is InChI=1S/C15H14Cl2N2O5S/c1-23-11-3-5-12(6-4-11)24-9-15(20)18-19-25(21,22)14-8-10(16)2-7-13(14)17/h2-8,19H,9H2,1H3,(H,18,20). The molecule has 0 saturated carbocycles. The molecule has 0 aliphatic heterocycles. The summed E-state index contributed by atoms with van der Waals surface area (Å²) in [5.74, 6) is 0.372. The fourth-order valence-electron chi connectivity index (χ4n) is 1.72. The van der Waals surface area contributed by atoms with Gasteiger partial charge in [-0.1, -0.05) is 23.2 Å². The van der Waals surface area contributed by atoms with Crippen molar-refractivity contribution < 1.29 is 22.7 Å². The molecule has 0 aliphatic carbocycles. The Labute approximate surface area is 154 Å². The van der Waals surface area contributed by atoms with Crippen molar-refractivity contribution in [2.24, 2.45) is 0 Å². The van der Waals surface area contributed by atoms with Gasteiger partial charge in [0.15, 0.2) is 6.61 Å². The minimum atomic E-state index is -4.07. The molecule has 0 heterocycles. The van der Waals surface area contributed by atoms with Crippen molar-refractivity contribution in [2.75, 3.05) is 13.7 Å². The Bertz CT molecular complexity index is 857. The van der Waals surface area contributed by atoms with Crippen LogP contribution >= 0.6 is 23.2 Å². The summed E-state index contributed by atoms with van der Waals surface area (Å²) in [5, 5.41) is 0.166. The molecule has 0 bridgehead atoms. The van der Waals surface area contributed by atoms with Crippen molar-refractivity contribution in [1.82, 2.24) is 10.3 Å². The van der Waals surface area contributed by atoms with E-state index in [0.717, 1.165) is 0 Å². The molecule has 0 spiro atoms. The molecule has 0 atom stereocenters. The summed E-state index contributed by atoms with van der Waals surface area (Å²) in [5.41, 5.74) is 2.03. The highest BCUT2D eigenvalue weighted by atomic mass is 35.5. The number of rotatable bonds is 7. The lowest BCUT2D eigenvalue weighted by Crippen LogP contribution is -2.43. The van der Waals surface area contributed by atoms with Crippen molar-refractivity contribution in [3.63, 3.8) is 0 Å². The predicted molar refractivity (Wildman–Crippen MR) is 93.4 cm³/mol. The normalized spacial score (nSPS) is 11.0. The number of halogens is 2. The van der Waals surface area contributed by atoms with Crippen LogP contribution in [-0.2, 0) is 14.8 Å². The van der Waals surface area contributed by atoms with Crippen LogP contribution in [0.4, 0.5) is 0 Å². The third-order valence-corrected chi connectivity index (χ3v) is 4.90. The first-order valence-corrected chi connectivity index (χ1v) is 9.08. The summed E-state index contributed by atoms with van der Waals surface area (Å²) in [4.78, 5) is 13.4. The van der Waals surface area contributed by atoms with E-state index in [0.29, 0.717) is 11.5 Å². The van der Waals surface area contributed by atoms with Gasteiger partial charge in [0.1, 0.15) is 16.4 Å². The van der Waals surface area contributed by atoms with E-state index in [9.17, 15) is 13.2 Å². The molecule has 0 aromatic heterocycles. The van der Waals surface area contributed by atoms with Gasteiger partial charge in [-0.25, -0.2) is 8.42 Å². The molecule has 2 aromatic carbocycles. The number of carbonyl (C=O) groups is 1. The monoisotopic (exact) mass is 404 g/mol. The van der Waals surface area contributed by atoms with Gasteiger partial charge in [0.25, 0.3) is 15.9 Å². The van der Waals surface area contributed by atoms with Crippen molar-refractivity contribution in [3.8, 4) is 11.5 Å². The fourth-order valence-corrected chi connectivity index (χ4v) is 3.34. The minimum Gasteiger partial charge on any atom is -0.497 e. The number of methoxy groups -OCH3 is 1. The van der Waals surface area contributed by atoms with Gasteiger partial charge in [0.05, 0.1) is 12.1 Å². The molecule has 0 saturated heterocycles. The van der Waals surface area contributed by atoms with Gasteiger partial charge in [-0.05, 0) is 42.5 Å². The van der Waals surface area contributed by atoms with E-state index in [-0.39, 0.29) is 14.9 Å². The predicted octanol–water partition coefficient (Wildman–Crippen LogP) is 2.39. The Balaban J connectivity index is 1.91. The summed E-state index contributed by atoms with van der Waals surface area (Å²) in [6.07, 6.45) is 0. The molecular weight excluding hydrogens is 391 g/mol. The maximum absolute atomic E-state index is 12.1. The van der Waals surface area contributed by atoms with Gasteiger partial charge in [-0.2, -0.15) is 0 Å². The zero-order chi connectivity index (χ0) is 18.4. The molecule has 2 rings (SSSR count).